The molecular formula is C19H20ClN3O4S. The first-order chi connectivity index (χ1) is 13.2. The summed E-state index contributed by atoms with van der Waals surface area (Å²) in [7, 11) is -2.18. The molecule has 0 fully saturated rings. The molecule has 0 saturated carbocycles. The SMILES string of the molecule is CC(C)N(C)S(=O)(=O)c1cccc(C(=O)OCc2cn3cc(Cl)ccc3n2)c1. The van der Waals surface area contributed by atoms with Crippen molar-refractivity contribution in [3.05, 3.63) is 65.1 Å². The van der Waals surface area contributed by atoms with Crippen LogP contribution in [0.2, 0.25) is 5.02 Å². The minimum absolute atomic E-state index is 0.0407. The molecule has 9 heteroatoms. The second-order valence-corrected chi connectivity index (χ2v) is 9.00. The van der Waals surface area contributed by atoms with Crippen LogP contribution in [-0.4, -0.2) is 41.2 Å². The Bertz CT molecular complexity index is 1130. The van der Waals surface area contributed by atoms with Crippen LogP contribution in [0, 0.1) is 0 Å². The first kappa shape index (κ1) is 20.3. The molecule has 1 aromatic carbocycles. The van der Waals surface area contributed by atoms with Crippen LogP contribution in [0.15, 0.2) is 53.7 Å². The Balaban J connectivity index is 1.75. The number of imidazole rings is 1. The van der Waals surface area contributed by atoms with Gasteiger partial charge in [-0.05, 0) is 44.2 Å². The average Bonchev–Trinajstić information content (AvgIpc) is 3.07. The van der Waals surface area contributed by atoms with Crippen LogP contribution in [-0.2, 0) is 21.4 Å². The first-order valence-corrected chi connectivity index (χ1v) is 10.4. The van der Waals surface area contributed by atoms with E-state index in [4.69, 9.17) is 16.3 Å². The number of benzene rings is 1. The number of nitrogens with zero attached hydrogens (tertiary/aromatic N) is 3. The van der Waals surface area contributed by atoms with Gasteiger partial charge in [-0.1, -0.05) is 17.7 Å². The van der Waals surface area contributed by atoms with Crippen LogP contribution in [0.25, 0.3) is 5.65 Å². The number of sulfonamides is 1. The van der Waals surface area contributed by atoms with Crippen molar-refractivity contribution in [3.63, 3.8) is 0 Å². The molecule has 2 heterocycles. The van der Waals surface area contributed by atoms with Crippen LogP contribution in [0.3, 0.4) is 0 Å². The second-order valence-electron chi connectivity index (χ2n) is 6.56. The van der Waals surface area contributed by atoms with E-state index in [9.17, 15) is 13.2 Å². The van der Waals surface area contributed by atoms with Gasteiger partial charge in [0.25, 0.3) is 0 Å². The molecule has 0 bridgehead atoms. The third kappa shape index (κ3) is 4.19. The fraction of sp³-hybridized carbons (Fsp3) is 0.263. The van der Waals surface area contributed by atoms with E-state index in [-0.39, 0.29) is 23.1 Å². The molecule has 0 radical (unpaired) electrons. The van der Waals surface area contributed by atoms with Gasteiger partial charge in [0.1, 0.15) is 12.3 Å². The largest absolute Gasteiger partial charge is 0.456 e. The van der Waals surface area contributed by atoms with Crippen molar-refractivity contribution in [1.29, 1.82) is 0 Å². The van der Waals surface area contributed by atoms with Crippen LogP contribution in [0.5, 0.6) is 0 Å². The molecule has 0 saturated heterocycles. The van der Waals surface area contributed by atoms with Gasteiger partial charge in [-0.15, -0.1) is 0 Å². The number of fused-ring (bicyclic) bond motifs is 1. The summed E-state index contributed by atoms with van der Waals surface area (Å²) in [6.45, 7) is 3.51. The van der Waals surface area contributed by atoms with E-state index >= 15 is 0 Å². The van der Waals surface area contributed by atoms with E-state index in [0.29, 0.717) is 16.4 Å². The van der Waals surface area contributed by atoms with Crippen LogP contribution in [0.4, 0.5) is 0 Å². The number of halogens is 1. The Morgan fingerprint density at radius 3 is 2.71 bits per heavy atom. The van der Waals surface area contributed by atoms with Gasteiger partial charge in [-0.2, -0.15) is 4.31 Å². The zero-order chi connectivity index (χ0) is 20.5. The molecule has 0 aliphatic carbocycles. The van der Waals surface area contributed by atoms with Crippen molar-refractivity contribution in [3.8, 4) is 0 Å². The highest BCUT2D eigenvalue weighted by molar-refractivity contribution is 7.89. The van der Waals surface area contributed by atoms with Crippen molar-refractivity contribution in [2.24, 2.45) is 0 Å². The first-order valence-electron chi connectivity index (χ1n) is 8.57. The van der Waals surface area contributed by atoms with Gasteiger partial charge in [-0.3, -0.25) is 0 Å². The fourth-order valence-corrected chi connectivity index (χ4v) is 4.12. The van der Waals surface area contributed by atoms with Crippen molar-refractivity contribution in [2.45, 2.75) is 31.4 Å². The average molecular weight is 422 g/mol. The number of carbonyl (C=O) groups is 1. The topological polar surface area (TPSA) is 81.0 Å². The molecule has 3 rings (SSSR count). The second kappa shape index (κ2) is 7.90. The van der Waals surface area contributed by atoms with E-state index in [1.165, 1.54) is 35.6 Å². The maximum Gasteiger partial charge on any atom is 0.338 e. The highest BCUT2D eigenvalue weighted by atomic mass is 35.5. The third-order valence-corrected chi connectivity index (χ3v) is 6.54. The molecule has 0 aliphatic heterocycles. The number of carbonyl (C=O) groups excluding carboxylic acids is 1. The van der Waals surface area contributed by atoms with Gasteiger partial charge < -0.3 is 9.14 Å². The number of aromatic nitrogens is 2. The van der Waals surface area contributed by atoms with E-state index < -0.39 is 16.0 Å². The molecule has 3 aromatic rings. The number of pyridine rings is 1. The Hall–Kier alpha value is -2.42. The lowest BCUT2D eigenvalue weighted by molar-refractivity contribution is 0.0468. The normalized spacial score (nSPS) is 12.1. The lowest BCUT2D eigenvalue weighted by atomic mass is 10.2. The number of esters is 1. The molecule has 148 valence electrons. The summed E-state index contributed by atoms with van der Waals surface area (Å²) in [5.41, 5.74) is 1.39. The van der Waals surface area contributed by atoms with Crippen molar-refractivity contribution in [1.82, 2.24) is 13.7 Å². The number of ether oxygens (including phenoxy) is 1. The zero-order valence-electron chi connectivity index (χ0n) is 15.7. The van der Waals surface area contributed by atoms with Crippen molar-refractivity contribution in [2.75, 3.05) is 7.05 Å². The molecule has 0 unspecified atom stereocenters. The molecular weight excluding hydrogens is 402 g/mol. The highest BCUT2D eigenvalue weighted by Gasteiger charge is 2.24. The lowest BCUT2D eigenvalue weighted by Crippen LogP contribution is -2.33. The van der Waals surface area contributed by atoms with Crippen LogP contribution >= 0.6 is 11.6 Å². The summed E-state index contributed by atoms with van der Waals surface area (Å²) >= 11 is 5.94. The number of hydrogen-bond acceptors (Lipinski definition) is 5. The number of hydrogen-bond donors (Lipinski definition) is 0. The van der Waals surface area contributed by atoms with Gasteiger partial charge >= 0.3 is 5.97 Å². The Morgan fingerprint density at radius 2 is 2.00 bits per heavy atom. The van der Waals surface area contributed by atoms with Gasteiger partial charge in [0.2, 0.25) is 10.0 Å². The summed E-state index contributed by atoms with van der Waals surface area (Å²) in [5, 5.41) is 0.567. The molecule has 0 aliphatic rings. The van der Waals surface area contributed by atoms with Gasteiger partial charge in [0.05, 0.1) is 21.2 Å². The lowest BCUT2D eigenvalue weighted by Gasteiger charge is -2.21. The molecule has 7 nitrogen and oxygen atoms in total. The maximum atomic E-state index is 12.6. The summed E-state index contributed by atoms with van der Waals surface area (Å²) in [4.78, 5) is 16.8. The van der Waals surface area contributed by atoms with E-state index in [1.807, 2.05) is 0 Å². The summed E-state index contributed by atoms with van der Waals surface area (Å²) in [6.07, 6.45) is 3.42. The Kier molecular flexibility index (Phi) is 5.74. The van der Waals surface area contributed by atoms with Crippen molar-refractivity contribution < 1.29 is 17.9 Å². The third-order valence-electron chi connectivity index (χ3n) is 4.29. The predicted octanol–water partition coefficient (Wildman–Crippen LogP) is 3.37. The van der Waals surface area contributed by atoms with Crippen molar-refractivity contribution >= 4 is 33.2 Å². The fourth-order valence-electron chi connectivity index (χ4n) is 2.54. The maximum absolute atomic E-state index is 12.6. The molecule has 0 N–H and O–H groups in total. The number of rotatable bonds is 6. The quantitative estimate of drug-likeness (QED) is 0.570. The van der Waals surface area contributed by atoms with Gasteiger partial charge in [0, 0.05) is 25.5 Å². The van der Waals surface area contributed by atoms with E-state index in [0.717, 1.165) is 0 Å². The van der Waals surface area contributed by atoms with Crippen LogP contribution in [0.1, 0.15) is 29.9 Å². The molecule has 0 amide bonds. The summed E-state index contributed by atoms with van der Waals surface area (Å²) in [6, 6.07) is 9.08. The van der Waals surface area contributed by atoms with Gasteiger partial charge in [0.15, 0.2) is 0 Å². The smallest absolute Gasteiger partial charge is 0.338 e. The minimum Gasteiger partial charge on any atom is -0.456 e. The van der Waals surface area contributed by atoms with E-state index in [1.54, 1.807) is 42.8 Å². The molecule has 28 heavy (non-hydrogen) atoms. The summed E-state index contributed by atoms with van der Waals surface area (Å²) < 4.78 is 33.5. The van der Waals surface area contributed by atoms with Crippen LogP contribution < -0.4 is 0 Å². The molecule has 0 atom stereocenters. The zero-order valence-corrected chi connectivity index (χ0v) is 17.2. The standard InChI is InChI=1S/C19H20ClN3O4S/c1-13(2)22(3)28(25,26)17-6-4-5-14(9-17)19(24)27-12-16-11-23-10-15(20)7-8-18(23)21-16/h4-11,13H,12H2,1-3H3. The Labute approximate surface area is 168 Å². The molecule has 2 aromatic heterocycles. The minimum atomic E-state index is -3.69. The van der Waals surface area contributed by atoms with E-state index in [2.05, 4.69) is 4.98 Å². The molecule has 0 spiro atoms. The van der Waals surface area contributed by atoms with Gasteiger partial charge in [-0.25, -0.2) is 18.2 Å². The summed E-state index contributed by atoms with van der Waals surface area (Å²) in [5.74, 6) is -0.626. The predicted molar refractivity (Wildman–Crippen MR) is 106 cm³/mol. The Morgan fingerprint density at radius 1 is 1.25 bits per heavy atom. The monoisotopic (exact) mass is 421 g/mol. The highest BCUT2D eigenvalue weighted by Crippen LogP contribution is 2.19.